The van der Waals surface area contributed by atoms with Crippen LogP contribution in [0.3, 0.4) is 0 Å². The number of ether oxygens (including phenoxy) is 1. The number of aromatic amines is 1. The molecule has 0 aliphatic heterocycles. The third kappa shape index (κ3) is 6.75. The summed E-state index contributed by atoms with van der Waals surface area (Å²) in [5.41, 5.74) is -0.713. The van der Waals surface area contributed by atoms with Gasteiger partial charge in [-0.1, -0.05) is 36.4 Å². The Morgan fingerprint density at radius 3 is 2.35 bits per heavy atom. The fourth-order valence-electron chi connectivity index (χ4n) is 2.46. The summed E-state index contributed by atoms with van der Waals surface area (Å²) in [6.07, 6.45) is -1.83. The van der Waals surface area contributed by atoms with Crippen LogP contribution in [-0.4, -0.2) is 40.0 Å². The van der Waals surface area contributed by atoms with Gasteiger partial charge in [-0.15, -0.1) is 0 Å². The summed E-state index contributed by atoms with van der Waals surface area (Å²) in [7, 11) is 0. The Labute approximate surface area is 192 Å². The van der Waals surface area contributed by atoms with Gasteiger partial charge in [-0.3, -0.25) is 4.79 Å². The molecule has 34 heavy (non-hydrogen) atoms. The number of aliphatic carboxylic acids is 1. The summed E-state index contributed by atoms with van der Waals surface area (Å²) in [6, 6.07) is 6.33. The van der Waals surface area contributed by atoms with Crippen molar-refractivity contribution < 1.29 is 36.6 Å². The van der Waals surface area contributed by atoms with E-state index in [1.54, 1.807) is 25.1 Å². The number of hydrogen-bond donors (Lipinski definition) is 2. The third-order valence-corrected chi connectivity index (χ3v) is 4.57. The summed E-state index contributed by atoms with van der Waals surface area (Å²) in [6.45, 7) is 8.40. The van der Waals surface area contributed by atoms with Gasteiger partial charge in [0.25, 0.3) is 0 Å². The number of benzene rings is 1. The van der Waals surface area contributed by atoms with Crippen LogP contribution in [0.25, 0.3) is 11.4 Å². The zero-order valence-electron chi connectivity index (χ0n) is 18.7. The van der Waals surface area contributed by atoms with Gasteiger partial charge in [-0.25, -0.2) is 9.98 Å². The number of carboxylic acid groups (broad SMARTS) is 1. The van der Waals surface area contributed by atoms with Gasteiger partial charge in [0.15, 0.2) is 0 Å². The van der Waals surface area contributed by atoms with Crippen molar-refractivity contribution >= 4 is 12.2 Å². The highest BCUT2D eigenvalue weighted by Crippen LogP contribution is 2.43. The lowest BCUT2D eigenvalue weighted by atomic mass is 9.95. The second-order valence-corrected chi connectivity index (χ2v) is 8.24. The summed E-state index contributed by atoms with van der Waals surface area (Å²) in [5.74, 6) is -5.99. The van der Waals surface area contributed by atoms with Crippen LogP contribution in [0, 0.1) is 5.41 Å². The molecule has 0 radical (unpaired) electrons. The molecule has 0 amide bonds. The highest BCUT2D eigenvalue weighted by Gasteiger charge is 2.60. The third-order valence-electron chi connectivity index (χ3n) is 4.57. The lowest BCUT2D eigenvalue weighted by Crippen LogP contribution is -2.33. The van der Waals surface area contributed by atoms with Gasteiger partial charge in [-0.2, -0.15) is 22.0 Å². The summed E-state index contributed by atoms with van der Waals surface area (Å²) >= 11 is 0. The zero-order chi connectivity index (χ0) is 25.7. The topological polar surface area (TPSA) is 87.6 Å². The van der Waals surface area contributed by atoms with Crippen molar-refractivity contribution in [2.45, 2.75) is 39.3 Å². The van der Waals surface area contributed by atoms with Crippen LogP contribution in [0.4, 0.5) is 22.0 Å². The molecular weight excluding hydrogens is 461 g/mol. The molecule has 0 spiro atoms. The molecule has 2 N–H and O–H groups in total. The second-order valence-electron chi connectivity index (χ2n) is 8.24. The van der Waals surface area contributed by atoms with E-state index in [1.165, 1.54) is 32.2 Å². The van der Waals surface area contributed by atoms with Crippen LogP contribution in [0.15, 0.2) is 59.6 Å². The molecule has 6 nitrogen and oxygen atoms in total. The SMILES string of the molecule is C=C(C)/C=C(\N=C/Cc1ccc(-c2ncc(C(F)(F)C(F)(F)F)[nH]2)cc1)OCC(C)(C)C(=O)O. The van der Waals surface area contributed by atoms with E-state index in [1.807, 2.05) is 4.98 Å². The summed E-state index contributed by atoms with van der Waals surface area (Å²) in [4.78, 5) is 21.1. The Balaban J connectivity index is 2.08. The quantitative estimate of drug-likeness (QED) is 0.190. The van der Waals surface area contributed by atoms with Gasteiger partial charge in [0.2, 0.25) is 5.88 Å². The van der Waals surface area contributed by atoms with Crippen molar-refractivity contribution in [1.29, 1.82) is 0 Å². The first kappa shape index (κ1) is 26.7. The largest absolute Gasteiger partial charge is 0.481 e. The number of nitrogens with one attached hydrogen (secondary N) is 1. The smallest absolute Gasteiger partial charge is 0.459 e. The lowest BCUT2D eigenvalue weighted by Gasteiger charge is -2.19. The van der Waals surface area contributed by atoms with Crippen LogP contribution >= 0.6 is 0 Å². The number of alkyl halides is 5. The molecule has 2 aromatic rings. The maximum atomic E-state index is 13.4. The number of carbonyl (C=O) groups is 1. The number of aliphatic imine (C=N–C) groups is 1. The molecular formula is C23H24F5N3O3. The van der Waals surface area contributed by atoms with Crippen molar-refractivity contribution in [3.8, 4) is 11.4 Å². The molecule has 1 heterocycles. The number of allylic oxidation sites excluding steroid dienone is 2. The molecule has 1 aromatic heterocycles. The van der Waals surface area contributed by atoms with Crippen LogP contribution in [0.2, 0.25) is 0 Å². The number of rotatable bonds is 10. The van der Waals surface area contributed by atoms with E-state index < -0.39 is 29.2 Å². The molecule has 0 fully saturated rings. The summed E-state index contributed by atoms with van der Waals surface area (Å²) < 4.78 is 69.9. The van der Waals surface area contributed by atoms with Gasteiger partial charge in [0.05, 0.1) is 11.6 Å². The van der Waals surface area contributed by atoms with E-state index in [-0.39, 0.29) is 18.3 Å². The Morgan fingerprint density at radius 1 is 1.21 bits per heavy atom. The maximum absolute atomic E-state index is 13.4. The number of hydrogen-bond acceptors (Lipinski definition) is 4. The summed E-state index contributed by atoms with van der Waals surface area (Å²) in [5, 5.41) is 9.19. The van der Waals surface area contributed by atoms with Crippen molar-refractivity contribution in [1.82, 2.24) is 9.97 Å². The van der Waals surface area contributed by atoms with E-state index >= 15 is 0 Å². The second kappa shape index (κ2) is 10.2. The number of H-pyrrole nitrogens is 1. The van der Waals surface area contributed by atoms with E-state index in [0.717, 1.165) is 5.56 Å². The molecule has 184 valence electrons. The molecule has 0 saturated carbocycles. The van der Waals surface area contributed by atoms with Crippen molar-refractivity contribution in [3.63, 3.8) is 0 Å². The molecule has 0 saturated heterocycles. The normalized spacial score (nSPS) is 13.4. The molecule has 1 aromatic carbocycles. The first-order valence-corrected chi connectivity index (χ1v) is 9.99. The number of imidazole rings is 1. The average molecular weight is 485 g/mol. The minimum atomic E-state index is -5.73. The highest BCUT2D eigenvalue weighted by molar-refractivity contribution is 5.73. The Hall–Kier alpha value is -3.50. The van der Waals surface area contributed by atoms with Gasteiger partial charge in [-0.05, 0) is 26.3 Å². The number of nitrogens with zero attached hydrogens (tertiary/aromatic N) is 2. The van der Waals surface area contributed by atoms with E-state index in [9.17, 15) is 31.9 Å². The average Bonchev–Trinajstić information content (AvgIpc) is 3.22. The van der Waals surface area contributed by atoms with Crippen molar-refractivity contribution in [2.75, 3.05) is 6.61 Å². The molecule has 0 aliphatic rings. The van der Waals surface area contributed by atoms with Crippen molar-refractivity contribution in [2.24, 2.45) is 10.4 Å². The molecule has 0 bridgehead atoms. The first-order chi connectivity index (χ1) is 15.6. The van der Waals surface area contributed by atoms with E-state index in [4.69, 9.17) is 4.74 Å². The maximum Gasteiger partial charge on any atom is 0.459 e. The Morgan fingerprint density at radius 2 is 1.82 bits per heavy atom. The Kier molecular flexibility index (Phi) is 8.01. The van der Waals surface area contributed by atoms with Gasteiger partial charge in [0.1, 0.15) is 18.1 Å². The molecule has 0 unspecified atom stereocenters. The van der Waals surface area contributed by atoms with Crippen LogP contribution < -0.4 is 0 Å². The van der Waals surface area contributed by atoms with Gasteiger partial charge in [0, 0.05) is 24.3 Å². The standard InChI is InChI=1S/C23H24F5N3O3/c1-14(2)11-18(34-13-21(3,4)20(32)33)29-10-9-15-5-7-16(8-6-15)19-30-12-17(31-19)22(24,25)23(26,27)28/h5-8,10-12H,1,9,13H2,2-4H3,(H,30,31)(H,32,33)/b18-11+,29-10-. The van der Waals surface area contributed by atoms with Crippen LogP contribution in [0.1, 0.15) is 32.0 Å². The van der Waals surface area contributed by atoms with E-state index in [2.05, 4.69) is 16.6 Å². The van der Waals surface area contributed by atoms with Crippen LogP contribution in [0.5, 0.6) is 0 Å². The predicted molar refractivity (Wildman–Crippen MR) is 116 cm³/mol. The highest BCUT2D eigenvalue weighted by atomic mass is 19.4. The minimum absolute atomic E-state index is 0.105. The minimum Gasteiger partial charge on any atom is -0.481 e. The van der Waals surface area contributed by atoms with Crippen LogP contribution in [-0.2, 0) is 21.9 Å². The number of carboxylic acids is 1. The molecule has 2 rings (SSSR count). The monoisotopic (exact) mass is 485 g/mol. The zero-order valence-corrected chi connectivity index (χ0v) is 18.7. The predicted octanol–water partition coefficient (Wildman–Crippen LogP) is 5.89. The van der Waals surface area contributed by atoms with Crippen molar-refractivity contribution in [3.05, 3.63) is 65.8 Å². The first-order valence-electron chi connectivity index (χ1n) is 9.99. The number of halogens is 5. The number of aromatic nitrogens is 2. The van der Waals surface area contributed by atoms with Gasteiger partial charge < -0.3 is 14.8 Å². The Bertz CT molecular complexity index is 1080. The van der Waals surface area contributed by atoms with E-state index in [0.29, 0.717) is 23.8 Å². The van der Waals surface area contributed by atoms with Gasteiger partial charge >= 0.3 is 18.1 Å². The fourth-order valence-corrected chi connectivity index (χ4v) is 2.46. The fraction of sp³-hybridized carbons (Fsp3) is 0.348. The lowest BCUT2D eigenvalue weighted by molar-refractivity contribution is -0.290. The molecule has 11 heteroatoms. The molecule has 0 atom stereocenters. The molecule has 0 aliphatic carbocycles.